The van der Waals surface area contributed by atoms with Crippen LogP contribution in [0.25, 0.3) is 0 Å². The number of carbonyl (C=O) groups excluding carboxylic acids is 3. The fourth-order valence-corrected chi connectivity index (χ4v) is 6.36. The normalized spacial score (nSPS) is 39.1. The van der Waals surface area contributed by atoms with Crippen molar-refractivity contribution in [2.24, 2.45) is 28.6 Å². The minimum Gasteiger partial charge on any atom is -0.465 e. The summed E-state index contributed by atoms with van der Waals surface area (Å²) in [7, 11) is 0. The molecule has 0 spiro atoms. The summed E-state index contributed by atoms with van der Waals surface area (Å²) in [5.74, 6) is -2.05. The lowest BCUT2D eigenvalue weighted by Gasteiger charge is -2.61. The number of benzene rings is 1. The number of hydrogen-bond donors (Lipinski definition) is 1. The maximum atomic E-state index is 12.9. The highest BCUT2D eigenvalue weighted by molar-refractivity contribution is 5.89. The van der Waals surface area contributed by atoms with Crippen molar-refractivity contribution in [1.82, 2.24) is 0 Å². The molecule has 2 aliphatic carbocycles. The van der Waals surface area contributed by atoms with Gasteiger partial charge in [-0.1, -0.05) is 32.0 Å². The van der Waals surface area contributed by atoms with E-state index in [1.165, 1.54) is 6.92 Å². The molecule has 7 atom stereocenters. The number of ether oxygens (including phenoxy) is 3. The van der Waals surface area contributed by atoms with Crippen molar-refractivity contribution in [2.45, 2.75) is 52.2 Å². The number of aliphatic hydroxyl groups is 1. The molecule has 0 radical (unpaired) electrons. The highest BCUT2D eigenvalue weighted by Gasteiger charge is 2.67. The predicted octanol–water partition coefficient (Wildman–Crippen LogP) is 2.75. The van der Waals surface area contributed by atoms with E-state index in [4.69, 9.17) is 14.2 Å². The number of hydrogen-bond acceptors (Lipinski definition) is 7. The van der Waals surface area contributed by atoms with E-state index < -0.39 is 34.9 Å². The molecule has 1 aliphatic heterocycles. The van der Waals surface area contributed by atoms with Crippen molar-refractivity contribution in [3.05, 3.63) is 35.9 Å². The molecular weight excluding hydrogens is 400 g/mol. The van der Waals surface area contributed by atoms with Gasteiger partial charge in [-0.25, -0.2) is 4.79 Å². The van der Waals surface area contributed by atoms with Crippen LogP contribution in [0.1, 0.15) is 50.4 Å². The molecule has 168 valence electrons. The summed E-state index contributed by atoms with van der Waals surface area (Å²) in [6.45, 7) is 5.77. The van der Waals surface area contributed by atoms with Crippen molar-refractivity contribution in [2.75, 3.05) is 13.2 Å². The van der Waals surface area contributed by atoms with Crippen LogP contribution in [0.2, 0.25) is 0 Å². The third-order valence-corrected chi connectivity index (χ3v) is 7.85. The van der Waals surface area contributed by atoms with Gasteiger partial charge in [-0.15, -0.1) is 0 Å². The highest BCUT2D eigenvalue weighted by Crippen LogP contribution is 2.63. The van der Waals surface area contributed by atoms with E-state index in [-0.39, 0.29) is 37.0 Å². The third kappa shape index (κ3) is 3.63. The van der Waals surface area contributed by atoms with Gasteiger partial charge in [0.05, 0.1) is 30.8 Å². The lowest BCUT2D eigenvalue weighted by molar-refractivity contribution is -0.216. The summed E-state index contributed by atoms with van der Waals surface area (Å²) in [5.41, 5.74) is -0.805. The molecule has 1 heterocycles. The van der Waals surface area contributed by atoms with Gasteiger partial charge in [0.1, 0.15) is 6.10 Å². The molecule has 3 aliphatic rings. The van der Waals surface area contributed by atoms with Gasteiger partial charge >= 0.3 is 17.9 Å². The van der Waals surface area contributed by atoms with E-state index in [0.717, 1.165) is 0 Å². The van der Waals surface area contributed by atoms with E-state index in [1.807, 2.05) is 19.9 Å². The summed E-state index contributed by atoms with van der Waals surface area (Å²) in [6.07, 6.45) is 0.183. The maximum Gasteiger partial charge on any atom is 0.338 e. The average molecular weight is 430 g/mol. The minimum atomic E-state index is -0.718. The summed E-state index contributed by atoms with van der Waals surface area (Å²) >= 11 is 0. The Bertz CT molecular complexity index is 868. The smallest absolute Gasteiger partial charge is 0.338 e. The topological polar surface area (TPSA) is 99.1 Å². The minimum absolute atomic E-state index is 0.168. The molecule has 0 bridgehead atoms. The monoisotopic (exact) mass is 430 g/mol. The molecule has 0 amide bonds. The maximum absolute atomic E-state index is 12.9. The van der Waals surface area contributed by atoms with E-state index >= 15 is 0 Å². The summed E-state index contributed by atoms with van der Waals surface area (Å²) < 4.78 is 16.8. The number of carbonyl (C=O) groups is 3. The van der Waals surface area contributed by atoms with Crippen molar-refractivity contribution >= 4 is 17.9 Å². The summed E-state index contributed by atoms with van der Waals surface area (Å²) in [6, 6.07) is 8.72. The van der Waals surface area contributed by atoms with Crippen LogP contribution < -0.4 is 0 Å². The predicted molar refractivity (Wildman–Crippen MR) is 110 cm³/mol. The Balaban J connectivity index is 1.73. The van der Waals surface area contributed by atoms with E-state index in [9.17, 15) is 19.5 Å². The van der Waals surface area contributed by atoms with Gasteiger partial charge < -0.3 is 19.3 Å². The Morgan fingerprint density at radius 3 is 2.61 bits per heavy atom. The lowest BCUT2D eigenvalue weighted by atomic mass is 9.44. The number of fused-ring (bicyclic) bond motifs is 3. The second-order valence-electron chi connectivity index (χ2n) is 9.72. The van der Waals surface area contributed by atoms with Gasteiger partial charge in [-0.3, -0.25) is 9.59 Å². The molecule has 1 aromatic rings. The van der Waals surface area contributed by atoms with Crippen LogP contribution in [0.4, 0.5) is 0 Å². The van der Waals surface area contributed by atoms with Crippen molar-refractivity contribution in [3.8, 4) is 0 Å². The van der Waals surface area contributed by atoms with Gasteiger partial charge in [-0.2, -0.15) is 0 Å². The first-order valence-electron chi connectivity index (χ1n) is 10.9. The molecule has 2 saturated carbocycles. The zero-order valence-electron chi connectivity index (χ0n) is 18.2. The van der Waals surface area contributed by atoms with Gasteiger partial charge in [0, 0.05) is 29.6 Å². The van der Waals surface area contributed by atoms with Crippen LogP contribution in [0.15, 0.2) is 30.3 Å². The largest absolute Gasteiger partial charge is 0.465 e. The Morgan fingerprint density at radius 2 is 1.94 bits per heavy atom. The van der Waals surface area contributed by atoms with Crippen LogP contribution in [-0.4, -0.2) is 48.4 Å². The molecule has 0 unspecified atom stereocenters. The molecule has 7 heteroatoms. The van der Waals surface area contributed by atoms with Gasteiger partial charge in [0.25, 0.3) is 0 Å². The fraction of sp³-hybridized carbons (Fsp3) is 0.625. The Labute approximate surface area is 182 Å². The lowest BCUT2D eigenvalue weighted by Crippen LogP contribution is -2.65. The number of esters is 3. The van der Waals surface area contributed by atoms with Crippen LogP contribution in [0.3, 0.4) is 0 Å². The molecule has 4 rings (SSSR count). The Kier molecular flexibility index (Phi) is 5.58. The Hall–Kier alpha value is -2.41. The molecule has 1 aromatic carbocycles. The number of aliphatic hydroxyl groups excluding tert-OH is 1. The quantitative estimate of drug-likeness (QED) is 0.579. The van der Waals surface area contributed by atoms with Gasteiger partial charge in [0.2, 0.25) is 0 Å². The van der Waals surface area contributed by atoms with Crippen LogP contribution in [0.5, 0.6) is 0 Å². The first kappa shape index (κ1) is 21.8. The molecule has 1 saturated heterocycles. The highest BCUT2D eigenvalue weighted by atomic mass is 16.6. The summed E-state index contributed by atoms with van der Waals surface area (Å²) in [4.78, 5) is 37.0. The van der Waals surface area contributed by atoms with Gasteiger partial charge in [0.15, 0.2) is 0 Å². The van der Waals surface area contributed by atoms with Crippen LogP contribution in [0, 0.1) is 28.6 Å². The second kappa shape index (κ2) is 7.93. The number of rotatable bonds is 4. The zero-order valence-corrected chi connectivity index (χ0v) is 18.2. The SMILES string of the molecule is CC(=O)OC[C@]1(C)CC[C@@H](O)[C@@]2(C)[C@@H]1[C@H](OC(=O)c1ccccc1)C[C@@H]1C(=O)OC[C@@H]12. The molecule has 31 heavy (non-hydrogen) atoms. The molecule has 1 N–H and O–H groups in total. The Morgan fingerprint density at radius 1 is 1.23 bits per heavy atom. The number of cyclic esters (lactones) is 1. The van der Waals surface area contributed by atoms with Crippen LogP contribution in [-0.2, 0) is 23.8 Å². The zero-order chi connectivity index (χ0) is 22.4. The second-order valence-corrected chi connectivity index (χ2v) is 9.72. The first-order chi connectivity index (χ1) is 14.7. The van der Waals surface area contributed by atoms with Gasteiger partial charge in [-0.05, 0) is 31.4 Å². The molecule has 0 aromatic heterocycles. The van der Waals surface area contributed by atoms with Crippen LogP contribution >= 0.6 is 0 Å². The fourth-order valence-electron chi connectivity index (χ4n) is 6.36. The first-order valence-corrected chi connectivity index (χ1v) is 10.9. The average Bonchev–Trinajstić information content (AvgIpc) is 3.12. The van der Waals surface area contributed by atoms with E-state index in [2.05, 4.69) is 0 Å². The van der Waals surface area contributed by atoms with E-state index in [0.29, 0.717) is 24.8 Å². The van der Waals surface area contributed by atoms with Crippen molar-refractivity contribution in [1.29, 1.82) is 0 Å². The molecular formula is C24H30O7. The summed E-state index contributed by atoms with van der Waals surface area (Å²) in [5, 5.41) is 11.2. The van der Waals surface area contributed by atoms with E-state index in [1.54, 1.807) is 24.3 Å². The molecule has 7 nitrogen and oxygen atoms in total. The van der Waals surface area contributed by atoms with Crippen molar-refractivity contribution in [3.63, 3.8) is 0 Å². The molecule has 3 fully saturated rings. The standard InChI is InChI=1S/C24H30O7/c1-14(25)30-13-23(2)10-9-19(26)24(3)17-12-29-22(28)16(17)11-18(20(23)24)31-21(27)15-7-5-4-6-8-15/h4-8,16-20,26H,9-13H2,1-3H3/t16-,17-,18+,19+,20+,23-,24-/m0/s1. The van der Waals surface area contributed by atoms with Crippen molar-refractivity contribution < 1.29 is 33.7 Å². The third-order valence-electron chi connectivity index (χ3n) is 7.85.